The van der Waals surface area contributed by atoms with Gasteiger partial charge in [0.25, 0.3) is 5.91 Å². The van der Waals surface area contributed by atoms with Gasteiger partial charge in [0.2, 0.25) is 5.90 Å². The first-order chi connectivity index (χ1) is 19.4. The van der Waals surface area contributed by atoms with Crippen molar-refractivity contribution in [1.82, 2.24) is 4.90 Å². The van der Waals surface area contributed by atoms with E-state index in [0.29, 0.717) is 24.2 Å². The van der Waals surface area contributed by atoms with Gasteiger partial charge >= 0.3 is 0 Å². The zero-order valence-corrected chi connectivity index (χ0v) is 25.3. The number of amides is 1. The van der Waals surface area contributed by atoms with Crippen LogP contribution in [0.1, 0.15) is 54.7 Å². The number of hydrogen-bond acceptors (Lipinski definition) is 5. The maximum atomic E-state index is 12.6. The van der Waals surface area contributed by atoms with E-state index in [1.807, 2.05) is 32.1 Å². The number of fused-ring (bicyclic) bond motifs is 1. The van der Waals surface area contributed by atoms with Crippen LogP contribution in [-0.2, 0) is 28.6 Å². The predicted octanol–water partition coefficient (Wildman–Crippen LogP) is 6.39. The Morgan fingerprint density at radius 1 is 1.00 bits per heavy atom. The molecule has 1 atom stereocenters. The van der Waals surface area contributed by atoms with E-state index in [1.54, 1.807) is 42.5 Å². The quantitative estimate of drug-likeness (QED) is 0.167. The summed E-state index contributed by atoms with van der Waals surface area (Å²) in [6.07, 6.45) is 4.40. The molecule has 8 heteroatoms. The van der Waals surface area contributed by atoms with Gasteiger partial charge in [0, 0.05) is 64.3 Å². The van der Waals surface area contributed by atoms with Crippen molar-refractivity contribution in [2.45, 2.75) is 39.5 Å². The van der Waals surface area contributed by atoms with Gasteiger partial charge in [-0.2, -0.15) is 5.10 Å². The first-order valence-electron chi connectivity index (χ1n) is 13.8. The molecule has 1 amide bonds. The SMILES string of the molecule is CCN(CC)C(=O)c1ccc(/C(O)=N/N=C/C=C2\N(CC)c3ccc(OC)cc3C2(C)Cc2ccccc2)cc1.[Co]. The van der Waals surface area contributed by atoms with Gasteiger partial charge in [-0.15, -0.1) is 5.10 Å². The van der Waals surface area contributed by atoms with Gasteiger partial charge in [-0.3, -0.25) is 4.79 Å². The molecule has 1 unspecified atom stereocenters. The molecule has 1 N–H and O–H groups in total. The van der Waals surface area contributed by atoms with Crippen LogP contribution in [0.3, 0.4) is 0 Å². The van der Waals surface area contributed by atoms with Crippen molar-refractivity contribution >= 4 is 23.7 Å². The number of aliphatic hydroxyl groups is 1. The van der Waals surface area contributed by atoms with Crippen LogP contribution in [0, 0.1) is 0 Å². The molecule has 41 heavy (non-hydrogen) atoms. The van der Waals surface area contributed by atoms with Crippen molar-refractivity contribution in [3.05, 3.63) is 107 Å². The fourth-order valence-electron chi connectivity index (χ4n) is 5.39. The Morgan fingerprint density at radius 3 is 2.27 bits per heavy atom. The van der Waals surface area contributed by atoms with Crippen LogP contribution in [-0.4, -0.2) is 54.8 Å². The number of rotatable bonds is 10. The van der Waals surface area contributed by atoms with E-state index in [-0.39, 0.29) is 34.0 Å². The van der Waals surface area contributed by atoms with E-state index < -0.39 is 0 Å². The summed E-state index contributed by atoms with van der Waals surface area (Å²) in [6, 6.07) is 23.4. The largest absolute Gasteiger partial charge is 0.497 e. The number of carbonyl (C=O) groups excluding carboxylic acids is 1. The van der Waals surface area contributed by atoms with Crippen molar-refractivity contribution in [2.75, 3.05) is 31.6 Å². The molecular formula is C33H38CoN4O3. The van der Waals surface area contributed by atoms with Crippen LogP contribution in [0.25, 0.3) is 0 Å². The summed E-state index contributed by atoms with van der Waals surface area (Å²) in [6.45, 7) is 10.4. The van der Waals surface area contributed by atoms with Crippen molar-refractivity contribution in [3.8, 4) is 5.75 Å². The molecule has 217 valence electrons. The summed E-state index contributed by atoms with van der Waals surface area (Å²) in [5, 5.41) is 18.7. The third kappa shape index (κ3) is 6.72. The molecule has 0 fully saturated rings. The molecule has 0 aromatic heterocycles. The molecule has 0 aliphatic carbocycles. The Bertz CT molecular complexity index is 1420. The summed E-state index contributed by atoms with van der Waals surface area (Å²) < 4.78 is 5.57. The Labute approximate surface area is 253 Å². The first kappa shape index (κ1) is 31.6. The molecule has 7 nitrogen and oxygen atoms in total. The van der Waals surface area contributed by atoms with Crippen LogP contribution in [0.2, 0.25) is 0 Å². The number of methoxy groups -OCH3 is 1. The number of hydrogen-bond donors (Lipinski definition) is 1. The molecule has 3 aromatic carbocycles. The molecule has 1 radical (unpaired) electrons. The third-order valence-electron chi connectivity index (χ3n) is 7.55. The van der Waals surface area contributed by atoms with E-state index in [4.69, 9.17) is 4.74 Å². The first-order valence-corrected chi connectivity index (χ1v) is 13.8. The molecule has 1 aliphatic rings. The normalized spacial score (nSPS) is 17.4. The summed E-state index contributed by atoms with van der Waals surface area (Å²) >= 11 is 0. The fraction of sp³-hybridized carbons (Fsp3) is 0.303. The molecule has 0 saturated heterocycles. The van der Waals surface area contributed by atoms with E-state index >= 15 is 0 Å². The zero-order valence-electron chi connectivity index (χ0n) is 24.3. The number of likely N-dealkylation sites (N-methyl/N-ethyl adjacent to an activating group) is 1. The minimum absolute atomic E-state index is 0. The standard InChI is InChI=1S/C33H38N4O3.Co/c1-6-36(7-2)32(39)26-16-14-25(15-17-26)31(38)35-34-21-20-30-33(4,23-24-12-10-9-11-13-24)28-22-27(40-5)18-19-29(28)37(30)8-3;/h9-22H,6-8,23H2,1-5H3,(H,35,38);/b30-20-,34-21+;. The topological polar surface area (TPSA) is 77.7 Å². The van der Waals surface area contributed by atoms with Crippen LogP contribution >= 0.6 is 0 Å². The number of aliphatic hydroxyl groups excluding tert-OH is 1. The van der Waals surface area contributed by atoms with Crippen molar-refractivity contribution in [2.24, 2.45) is 10.2 Å². The smallest absolute Gasteiger partial charge is 0.253 e. The number of carbonyl (C=O) groups is 1. The maximum Gasteiger partial charge on any atom is 0.253 e. The van der Waals surface area contributed by atoms with Crippen LogP contribution in [0.15, 0.2) is 94.8 Å². The van der Waals surface area contributed by atoms with E-state index in [1.165, 1.54) is 11.1 Å². The molecule has 0 spiro atoms. The Hall–Kier alpha value is -3.88. The Balaban J connectivity index is 0.00000462. The van der Waals surface area contributed by atoms with Crippen LogP contribution in [0.5, 0.6) is 5.75 Å². The average molecular weight is 598 g/mol. The van der Waals surface area contributed by atoms with Gasteiger partial charge in [0.1, 0.15) is 5.75 Å². The Kier molecular flexibility index (Phi) is 10.9. The number of ether oxygens (including phenoxy) is 1. The third-order valence-corrected chi connectivity index (χ3v) is 7.55. The molecule has 1 aliphatic heterocycles. The second-order valence-electron chi connectivity index (χ2n) is 9.92. The minimum Gasteiger partial charge on any atom is -0.497 e. The van der Waals surface area contributed by atoms with Crippen LogP contribution in [0.4, 0.5) is 5.69 Å². The summed E-state index contributed by atoms with van der Waals surface area (Å²) in [5.41, 5.74) is 5.41. The monoisotopic (exact) mass is 597 g/mol. The van der Waals surface area contributed by atoms with Gasteiger partial charge in [0.05, 0.1) is 13.3 Å². The molecule has 4 rings (SSSR count). The molecule has 3 aromatic rings. The number of anilines is 1. The van der Waals surface area contributed by atoms with Gasteiger partial charge in [0.15, 0.2) is 0 Å². The fourth-order valence-corrected chi connectivity index (χ4v) is 5.39. The Morgan fingerprint density at radius 2 is 1.66 bits per heavy atom. The van der Waals surface area contributed by atoms with Gasteiger partial charge in [-0.05, 0) is 93.8 Å². The van der Waals surface area contributed by atoms with Crippen LogP contribution < -0.4 is 9.64 Å². The van der Waals surface area contributed by atoms with Crippen molar-refractivity contribution < 1.29 is 31.4 Å². The maximum absolute atomic E-state index is 12.6. The predicted molar refractivity (Wildman–Crippen MR) is 163 cm³/mol. The number of nitrogens with zero attached hydrogens (tertiary/aromatic N) is 4. The average Bonchev–Trinajstić information content (AvgIpc) is 3.22. The number of allylic oxidation sites excluding steroid dienone is 2. The number of benzene rings is 3. The van der Waals surface area contributed by atoms with E-state index in [9.17, 15) is 9.90 Å². The molecular weight excluding hydrogens is 559 g/mol. The molecule has 1 heterocycles. The van der Waals surface area contributed by atoms with E-state index in [2.05, 4.69) is 65.3 Å². The van der Waals surface area contributed by atoms with Crippen molar-refractivity contribution in [3.63, 3.8) is 0 Å². The molecule has 0 bridgehead atoms. The van der Waals surface area contributed by atoms with Gasteiger partial charge in [-0.1, -0.05) is 30.3 Å². The minimum atomic E-state index is -0.327. The van der Waals surface area contributed by atoms with Gasteiger partial charge < -0.3 is 19.6 Å². The molecule has 0 saturated carbocycles. The zero-order chi connectivity index (χ0) is 28.7. The second kappa shape index (κ2) is 14.1. The summed E-state index contributed by atoms with van der Waals surface area (Å²) in [5.74, 6) is 0.575. The van der Waals surface area contributed by atoms with Crippen molar-refractivity contribution in [1.29, 1.82) is 0 Å². The van der Waals surface area contributed by atoms with Gasteiger partial charge in [-0.25, -0.2) is 0 Å². The summed E-state index contributed by atoms with van der Waals surface area (Å²) in [7, 11) is 1.69. The second-order valence-corrected chi connectivity index (χ2v) is 9.92. The van der Waals surface area contributed by atoms with E-state index in [0.717, 1.165) is 30.1 Å². The summed E-state index contributed by atoms with van der Waals surface area (Å²) in [4.78, 5) is 16.6.